The van der Waals surface area contributed by atoms with E-state index in [4.69, 9.17) is 10.5 Å². The minimum Gasteiger partial charge on any atom is -0.484 e. The van der Waals surface area contributed by atoms with Crippen molar-refractivity contribution < 1.29 is 17.9 Å². The van der Waals surface area contributed by atoms with Gasteiger partial charge in [0.1, 0.15) is 5.75 Å². The summed E-state index contributed by atoms with van der Waals surface area (Å²) < 4.78 is 31.3. The number of ether oxygens (including phenoxy) is 1. The summed E-state index contributed by atoms with van der Waals surface area (Å²) in [6.07, 6.45) is 1.71. The highest BCUT2D eigenvalue weighted by Gasteiger charge is 2.12. The molecule has 0 aliphatic rings. The molecule has 0 aliphatic heterocycles. The molecule has 0 spiro atoms. The van der Waals surface area contributed by atoms with Gasteiger partial charge < -0.3 is 10.5 Å². The smallest absolute Gasteiger partial charge is 0.255 e. The highest BCUT2D eigenvalue weighted by Crippen LogP contribution is 2.15. The highest BCUT2D eigenvalue weighted by molar-refractivity contribution is 7.89. The Bertz CT molecular complexity index is 511. The molecule has 0 aromatic heterocycles. The Morgan fingerprint density at radius 2 is 1.95 bits per heavy atom. The van der Waals surface area contributed by atoms with Crippen LogP contribution >= 0.6 is 0 Å². The third-order valence-electron chi connectivity index (χ3n) is 2.34. The topological polar surface area (TPSA) is 98.5 Å². The molecular formula is C12H18N2O4S. The molecule has 0 radical (unpaired) electrons. The molecule has 1 aromatic carbocycles. The van der Waals surface area contributed by atoms with Crippen molar-refractivity contribution in [1.29, 1.82) is 0 Å². The first kappa shape index (κ1) is 15.5. The molecule has 0 bridgehead atoms. The minimum atomic E-state index is -3.48. The van der Waals surface area contributed by atoms with Gasteiger partial charge in [-0.15, -0.1) is 0 Å². The number of carbonyl (C=O) groups excluding carboxylic acids is 1. The van der Waals surface area contributed by atoms with E-state index in [0.717, 1.165) is 12.8 Å². The molecule has 1 amide bonds. The number of nitrogens with two attached hydrogens (primary N) is 1. The van der Waals surface area contributed by atoms with Crippen molar-refractivity contribution in [2.45, 2.75) is 24.7 Å². The third-order valence-corrected chi connectivity index (χ3v) is 3.81. The van der Waals surface area contributed by atoms with Crippen LogP contribution in [0.2, 0.25) is 0 Å². The van der Waals surface area contributed by atoms with Crippen molar-refractivity contribution in [2.75, 3.05) is 13.2 Å². The fourth-order valence-electron chi connectivity index (χ4n) is 1.34. The summed E-state index contributed by atoms with van der Waals surface area (Å²) in [5.41, 5.74) is 4.94. The Hall–Kier alpha value is -1.60. The van der Waals surface area contributed by atoms with E-state index in [1.165, 1.54) is 24.3 Å². The number of amides is 1. The van der Waals surface area contributed by atoms with Gasteiger partial charge in [-0.3, -0.25) is 4.79 Å². The van der Waals surface area contributed by atoms with E-state index in [2.05, 4.69) is 4.72 Å². The third kappa shape index (κ3) is 5.27. The van der Waals surface area contributed by atoms with Gasteiger partial charge in [-0.1, -0.05) is 13.3 Å². The molecule has 7 heteroatoms. The first-order valence-corrected chi connectivity index (χ1v) is 7.45. The van der Waals surface area contributed by atoms with Crippen LogP contribution in [0.5, 0.6) is 5.75 Å². The number of hydrogen-bond donors (Lipinski definition) is 2. The van der Waals surface area contributed by atoms with E-state index < -0.39 is 15.9 Å². The second kappa shape index (κ2) is 7.10. The number of benzene rings is 1. The van der Waals surface area contributed by atoms with Gasteiger partial charge >= 0.3 is 0 Å². The lowest BCUT2D eigenvalue weighted by atomic mass is 10.3. The molecule has 19 heavy (non-hydrogen) atoms. The Balaban J connectivity index is 2.66. The van der Waals surface area contributed by atoms with Crippen molar-refractivity contribution >= 4 is 15.9 Å². The SMILES string of the molecule is CCCCNS(=O)(=O)c1ccc(OCC(N)=O)cc1. The predicted octanol–water partition coefficient (Wildman–Crippen LogP) is 0.629. The van der Waals surface area contributed by atoms with E-state index in [1.807, 2.05) is 6.92 Å². The van der Waals surface area contributed by atoms with E-state index in [9.17, 15) is 13.2 Å². The Morgan fingerprint density at radius 1 is 1.32 bits per heavy atom. The normalized spacial score (nSPS) is 11.2. The van der Waals surface area contributed by atoms with E-state index in [0.29, 0.717) is 12.3 Å². The molecule has 106 valence electrons. The molecule has 1 rings (SSSR count). The summed E-state index contributed by atoms with van der Waals surface area (Å²) in [5, 5.41) is 0. The average Bonchev–Trinajstić information content (AvgIpc) is 2.37. The van der Waals surface area contributed by atoms with E-state index >= 15 is 0 Å². The summed E-state index contributed by atoms with van der Waals surface area (Å²) in [6.45, 7) is 2.17. The van der Waals surface area contributed by atoms with Crippen LogP contribution < -0.4 is 15.2 Å². The number of carbonyl (C=O) groups is 1. The molecule has 0 heterocycles. The van der Waals surface area contributed by atoms with Gasteiger partial charge in [0.05, 0.1) is 4.90 Å². The van der Waals surface area contributed by atoms with Gasteiger partial charge in [-0.2, -0.15) is 0 Å². The first-order valence-electron chi connectivity index (χ1n) is 5.96. The molecule has 0 aliphatic carbocycles. The molecule has 3 N–H and O–H groups in total. The Kier molecular flexibility index (Phi) is 5.78. The molecule has 0 atom stereocenters. The lowest BCUT2D eigenvalue weighted by Gasteiger charge is -2.07. The number of rotatable bonds is 8. The predicted molar refractivity (Wildman–Crippen MR) is 71.2 cm³/mol. The summed E-state index contributed by atoms with van der Waals surface area (Å²) in [6, 6.07) is 5.81. The Labute approximate surface area is 113 Å². The number of hydrogen-bond acceptors (Lipinski definition) is 4. The number of primary amides is 1. The van der Waals surface area contributed by atoms with Gasteiger partial charge in [0.25, 0.3) is 5.91 Å². The molecule has 0 saturated heterocycles. The van der Waals surface area contributed by atoms with Crippen LogP contribution in [0.3, 0.4) is 0 Å². The number of unbranched alkanes of at least 4 members (excludes halogenated alkanes) is 1. The van der Waals surface area contributed by atoms with Crippen molar-refractivity contribution in [3.05, 3.63) is 24.3 Å². The largest absolute Gasteiger partial charge is 0.484 e. The lowest BCUT2D eigenvalue weighted by Crippen LogP contribution is -2.24. The maximum Gasteiger partial charge on any atom is 0.255 e. The summed E-state index contributed by atoms with van der Waals surface area (Å²) >= 11 is 0. The molecule has 0 saturated carbocycles. The zero-order valence-corrected chi connectivity index (χ0v) is 11.6. The van der Waals surface area contributed by atoms with Crippen LogP contribution in [-0.2, 0) is 14.8 Å². The number of sulfonamides is 1. The van der Waals surface area contributed by atoms with Crippen LogP contribution in [0.1, 0.15) is 19.8 Å². The summed E-state index contributed by atoms with van der Waals surface area (Å²) in [5.74, 6) is -0.191. The maximum atomic E-state index is 11.9. The molecule has 0 unspecified atom stereocenters. The van der Waals surface area contributed by atoms with Gasteiger partial charge in [0.15, 0.2) is 6.61 Å². The quantitative estimate of drug-likeness (QED) is 0.685. The standard InChI is InChI=1S/C12H18N2O4S/c1-2-3-8-14-19(16,17)11-6-4-10(5-7-11)18-9-12(13)15/h4-7,14H,2-3,8-9H2,1H3,(H2,13,15). The molecule has 0 fully saturated rings. The highest BCUT2D eigenvalue weighted by atomic mass is 32.2. The van der Waals surface area contributed by atoms with Crippen molar-refractivity contribution in [3.8, 4) is 5.75 Å². The fraction of sp³-hybridized carbons (Fsp3) is 0.417. The van der Waals surface area contributed by atoms with Crippen molar-refractivity contribution in [1.82, 2.24) is 4.72 Å². The first-order chi connectivity index (χ1) is 8.95. The van der Waals surface area contributed by atoms with Crippen LogP contribution in [0.25, 0.3) is 0 Å². The zero-order chi connectivity index (χ0) is 14.3. The van der Waals surface area contributed by atoms with Crippen LogP contribution in [0.4, 0.5) is 0 Å². The lowest BCUT2D eigenvalue weighted by molar-refractivity contribution is -0.119. The Morgan fingerprint density at radius 3 is 2.47 bits per heavy atom. The molecule has 6 nitrogen and oxygen atoms in total. The van der Waals surface area contributed by atoms with Gasteiger partial charge in [-0.25, -0.2) is 13.1 Å². The monoisotopic (exact) mass is 286 g/mol. The number of nitrogens with one attached hydrogen (secondary N) is 1. The fourth-order valence-corrected chi connectivity index (χ4v) is 2.41. The second-order valence-corrected chi connectivity index (χ2v) is 5.74. The van der Waals surface area contributed by atoms with Crippen LogP contribution in [-0.4, -0.2) is 27.5 Å². The molecular weight excluding hydrogens is 268 g/mol. The summed E-state index contributed by atoms with van der Waals surface area (Å²) in [4.78, 5) is 10.7. The minimum absolute atomic E-state index is 0.162. The van der Waals surface area contributed by atoms with E-state index in [1.54, 1.807) is 0 Å². The van der Waals surface area contributed by atoms with Crippen LogP contribution in [0, 0.1) is 0 Å². The van der Waals surface area contributed by atoms with Crippen molar-refractivity contribution in [3.63, 3.8) is 0 Å². The second-order valence-electron chi connectivity index (χ2n) is 3.98. The van der Waals surface area contributed by atoms with Gasteiger partial charge in [0.2, 0.25) is 10.0 Å². The molecule has 1 aromatic rings. The van der Waals surface area contributed by atoms with E-state index in [-0.39, 0.29) is 11.5 Å². The van der Waals surface area contributed by atoms with Crippen LogP contribution in [0.15, 0.2) is 29.2 Å². The maximum absolute atomic E-state index is 11.9. The van der Waals surface area contributed by atoms with Gasteiger partial charge in [-0.05, 0) is 30.7 Å². The van der Waals surface area contributed by atoms with Gasteiger partial charge in [0, 0.05) is 6.54 Å². The summed E-state index contributed by atoms with van der Waals surface area (Å²) in [7, 11) is -3.48. The average molecular weight is 286 g/mol. The van der Waals surface area contributed by atoms with Crippen molar-refractivity contribution in [2.24, 2.45) is 5.73 Å². The zero-order valence-electron chi connectivity index (χ0n) is 10.8.